The number of benzene rings is 1. The number of hydrogen-bond donors (Lipinski definition) is 3. The van der Waals surface area contributed by atoms with E-state index in [1.54, 1.807) is 4.57 Å². The van der Waals surface area contributed by atoms with Crippen LogP contribution in [0.2, 0.25) is 0 Å². The molecule has 122 valence electrons. The van der Waals surface area contributed by atoms with Gasteiger partial charge >= 0.3 is 5.69 Å². The highest BCUT2D eigenvalue weighted by molar-refractivity contribution is 5.82. The number of aromatic nitrogens is 4. The van der Waals surface area contributed by atoms with Crippen LogP contribution in [0, 0.1) is 0 Å². The number of allylic oxidation sites excluding steroid dienone is 1. The van der Waals surface area contributed by atoms with Crippen molar-refractivity contribution in [1.82, 2.24) is 19.5 Å². The first-order chi connectivity index (χ1) is 11.7. The average Bonchev–Trinajstić information content (AvgIpc) is 2.88. The number of hydrogen-bond acceptors (Lipinski definition) is 5. The molecule has 7 nitrogen and oxygen atoms in total. The van der Waals surface area contributed by atoms with Crippen LogP contribution in [0.15, 0.2) is 41.2 Å². The Hall–Kier alpha value is -3.09. The summed E-state index contributed by atoms with van der Waals surface area (Å²) in [5.74, 6) is 0.710. The predicted molar refractivity (Wildman–Crippen MR) is 94.1 cm³/mol. The molecular formula is C17H18N6O. The van der Waals surface area contributed by atoms with Gasteiger partial charge < -0.3 is 16.0 Å². The monoisotopic (exact) mass is 322 g/mol. The summed E-state index contributed by atoms with van der Waals surface area (Å²) in [5.41, 5.74) is 9.02. The van der Waals surface area contributed by atoms with E-state index in [1.807, 2.05) is 12.1 Å². The number of nitrogen functional groups attached to an aromatic ring is 1. The van der Waals surface area contributed by atoms with Crippen molar-refractivity contribution in [3.05, 3.63) is 58.0 Å². The van der Waals surface area contributed by atoms with Gasteiger partial charge in [-0.2, -0.15) is 9.97 Å². The Balaban J connectivity index is 1.89. The van der Waals surface area contributed by atoms with Gasteiger partial charge in [-0.1, -0.05) is 36.4 Å². The third-order valence-electron chi connectivity index (χ3n) is 4.10. The fourth-order valence-corrected chi connectivity index (χ4v) is 2.92. The highest BCUT2D eigenvalue weighted by atomic mass is 16.1. The molecule has 1 aliphatic rings. The minimum atomic E-state index is -0.236. The fourth-order valence-electron chi connectivity index (χ4n) is 2.92. The van der Waals surface area contributed by atoms with Crippen LogP contribution in [-0.2, 0) is 13.0 Å². The van der Waals surface area contributed by atoms with E-state index in [0.29, 0.717) is 30.2 Å². The van der Waals surface area contributed by atoms with Gasteiger partial charge in [0.1, 0.15) is 5.52 Å². The molecule has 24 heavy (non-hydrogen) atoms. The third-order valence-corrected chi connectivity index (χ3v) is 4.10. The molecule has 4 rings (SSSR count). The molecular weight excluding hydrogens is 304 g/mol. The van der Waals surface area contributed by atoms with E-state index in [1.165, 1.54) is 5.56 Å². The van der Waals surface area contributed by atoms with Crippen molar-refractivity contribution in [2.45, 2.75) is 19.4 Å². The number of nitrogens with zero attached hydrogens (tertiary/aromatic N) is 3. The van der Waals surface area contributed by atoms with Crippen molar-refractivity contribution in [3.63, 3.8) is 0 Å². The summed E-state index contributed by atoms with van der Waals surface area (Å²) in [4.78, 5) is 23.8. The van der Waals surface area contributed by atoms with E-state index in [0.717, 1.165) is 18.4 Å². The maximum atomic E-state index is 12.3. The van der Waals surface area contributed by atoms with E-state index < -0.39 is 0 Å². The minimum absolute atomic E-state index is 0.236. The highest BCUT2D eigenvalue weighted by Crippen LogP contribution is 2.18. The van der Waals surface area contributed by atoms with Crippen LogP contribution in [0.3, 0.4) is 0 Å². The van der Waals surface area contributed by atoms with Gasteiger partial charge in [-0.15, -0.1) is 0 Å². The lowest BCUT2D eigenvalue weighted by Crippen LogP contribution is -2.18. The number of nitrogens with two attached hydrogens (primary N) is 1. The summed E-state index contributed by atoms with van der Waals surface area (Å²) < 4.78 is 1.60. The van der Waals surface area contributed by atoms with Gasteiger partial charge in [-0.25, -0.2) is 4.79 Å². The summed E-state index contributed by atoms with van der Waals surface area (Å²) in [6.07, 6.45) is 6.03. The van der Waals surface area contributed by atoms with Gasteiger partial charge in [-0.3, -0.25) is 4.57 Å². The van der Waals surface area contributed by atoms with Crippen molar-refractivity contribution >= 4 is 22.9 Å². The number of fused-ring (bicyclic) bond motifs is 3. The smallest absolute Gasteiger partial charge is 0.328 e. The zero-order valence-corrected chi connectivity index (χ0v) is 13.1. The summed E-state index contributed by atoms with van der Waals surface area (Å²) in [7, 11) is 0. The first-order valence-electron chi connectivity index (χ1n) is 7.93. The second-order valence-corrected chi connectivity index (χ2v) is 5.86. The lowest BCUT2D eigenvalue weighted by molar-refractivity contribution is 0.776. The molecule has 0 aliphatic carbocycles. The van der Waals surface area contributed by atoms with E-state index in [2.05, 4.69) is 44.6 Å². The molecule has 0 atom stereocenters. The van der Waals surface area contributed by atoms with Gasteiger partial charge in [0.25, 0.3) is 0 Å². The molecule has 0 radical (unpaired) electrons. The molecule has 0 amide bonds. The molecule has 3 heterocycles. The van der Waals surface area contributed by atoms with Gasteiger partial charge in [0.15, 0.2) is 11.5 Å². The standard InChI is InChI=1S/C17H18N6O/c18-14-13-15-22-16(21-14)19-8-3-1-2-5-11-6-4-7-12(9-11)10-23(15)17(24)20-13/h1-2,4,6-7,9H,3,5,8,10H2,(H,20,24)(H3,18,19,21,22). The van der Waals surface area contributed by atoms with Crippen LogP contribution in [0.1, 0.15) is 17.5 Å². The SMILES string of the molecule is Nc1nc2nc3c1[nH]c(=O)n3Cc1cccc(c1)CC=CCCN2. The number of rotatable bonds is 0. The van der Waals surface area contributed by atoms with Crippen molar-refractivity contribution in [3.8, 4) is 0 Å². The first kappa shape index (κ1) is 14.5. The van der Waals surface area contributed by atoms with Crippen LogP contribution in [-0.4, -0.2) is 26.1 Å². The average molecular weight is 322 g/mol. The van der Waals surface area contributed by atoms with E-state index in [4.69, 9.17) is 5.73 Å². The van der Waals surface area contributed by atoms with Crippen LogP contribution < -0.4 is 16.7 Å². The molecule has 4 N–H and O–H groups in total. The lowest BCUT2D eigenvalue weighted by Gasteiger charge is -2.08. The molecule has 0 fully saturated rings. The summed E-state index contributed by atoms with van der Waals surface area (Å²) in [5, 5.41) is 3.16. The topological polar surface area (TPSA) is 102 Å². The lowest BCUT2D eigenvalue weighted by atomic mass is 10.1. The molecule has 1 aliphatic heterocycles. The highest BCUT2D eigenvalue weighted by Gasteiger charge is 2.14. The summed E-state index contributed by atoms with van der Waals surface area (Å²) in [6, 6.07) is 8.23. The molecule has 2 aromatic heterocycles. The molecule has 7 heteroatoms. The van der Waals surface area contributed by atoms with Gasteiger partial charge in [-0.05, 0) is 24.0 Å². The molecule has 0 spiro atoms. The number of H-pyrrole nitrogens is 1. The van der Waals surface area contributed by atoms with Crippen molar-refractivity contribution in [1.29, 1.82) is 0 Å². The third kappa shape index (κ3) is 2.64. The Kier molecular flexibility index (Phi) is 3.53. The molecule has 3 aromatic rings. The summed E-state index contributed by atoms with van der Waals surface area (Å²) >= 11 is 0. The van der Waals surface area contributed by atoms with Crippen LogP contribution in [0.5, 0.6) is 0 Å². The van der Waals surface area contributed by atoms with E-state index in [9.17, 15) is 4.79 Å². The Morgan fingerprint density at radius 3 is 2.96 bits per heavy atom. The molecule has 0 saturated carbocycles. The minimum Gasteiger partial charge on any atom is -0.382 e. The fraction of sp³-hybridized carbons (Fsp3) is 0.235. The Labute approximate surface area is 138 Å². The van der Waals surface area contributed by atoms with Crippen LogP contribution in [0.4, 0.5) is 11.8 Å². The number of imidazole rings is 1. The van der Waals surface area contributed by atoms with E-state index in [-0.39, 0.29) is 11.5 Å². The molecule has 4 bridgehead atoms. The second-order valence-electron chi connectivity index (χ2n) is 5.86. The van der Waals surface area contributed by atoms with Crippen molar-refractivity contribution in [2.24, 2.45) is 0 Å². The van der Waals surface area contributed by atoms with Crippen molar-refractivity contribution < 1.29 is 0 Å². The first-order valence-corrected chi connectivity index (χ1v) is 7.93. The second kappa shape index (κ2) is 5.84. The normalized spacial score (nSPS) is 14.5. The van der Waals surface area contributed by atoms with Gasteiger partial charge in [0.2, 0.25) is 5.95 Å². The molecule has 1 aromatic carbocycles. The quantitative estimate of drug-likeness (QED) is 0.546. The van der Waals surface area contributed by atoms with Gasteiger partial charge in [0, 0.05) is 6.54 Å². The maximum absolute atomic E-state index is 12.3. The van der Waals surface area contributed by atoms with E-state index >= 15 is 0 Å². The predicted octanol–water partition coefficient (Wildman–Crippen LogP) is 1.66. The largest absolute Gasteiger partial charge is 0.382 e. The number of nitrogens with one attached hydrogen (secondary N) is 2. The Morgan fingerprint density at radius 1 is 1.17 bits per heavy atom. The maximum Gasteiger partial charge on any atom is 0.328 e. The Bertz CT molecular complexity index is 984. The number of aromatic amines is 1. The van der Waals surface area contributed by atoms with Gasteiger partial charge in [0.05, 0.1) is 6.54 Å². The Morgan fingerprint density at radius 2 is 2.04 bits per heavy atom. The zero-order valence-electron chi connectivity index (χ0n) is 13.1. The number of anilines is 2. The van der Waals surface area contributed by atoms with Crippen LogP contribution in [0.25, 0.3) is 11.2 Å². The molecule has 0 saturated heterocycles. The summed E-state index contributed by atoms with van der Waals surface area (Å²) in [6.45, 7) is 1.14. The zero-order chi connectivity index (χ0) is 16.5. The van der Waals surface area contributed by atoms with Crippen molar-refractivity contribution in [2.75, 3.05) is 17.6 Å². The molecule has 0 unspecified atom stereocenters. The van der Waals surface area contributed by atoms with Crippen LogP contribution >= 0.6 is 0 Å².